The van der Waals surface area contributed by atoms with Gasteiger partial charge in [0.1, 0.15) is 0 Å². The molecule has 2 rings (SSSR count). The lowest BCUT2D eigenvalue weighted by atomic mass is 10.1. The Balaban J connectivity index is 2.32. The Morgan fingerprint density at radius 2 is 1.94 bits per heavy atom. The van der Waals surface area contributed by atoms with Gasteiger partial charge in [0.05, 0.1) is 11.5 Å². The summed E-state index contributed by atoms with van der Waals surface area (Å²) in [5.74, 6) is 0. The number of hydrogen-bond acceptors (Lipinski definition) is 3. The lowest BCUT2D eigenvalue weighted by Crippen LogP contribution is -2.45. The monoisotopic (exact) mass is 269 g/mol. The van der Waals surface area contributed by atoms with Crippen LogP contribution in [0.25, 0.3) is 0 Å². The average molecular weight is 269 g/mol. The van der Waals surface area contributed by atoms with E-state index in [-0.39, 0.29) is 12.6 Å². The van der Waals surface area contributed by atoms with Crippen molar-refractivity contribution in [1.82, 2.24) is 4.31 Å². The Labute approximate surface area is 108 Å². The van der Waals surface area contributed by atoms with Gasteiger partial charge in [0.25, 0.3) is 0 Å². The number of aliphatic hydroxyl groups is 1. The van der Waals surface area contributed by atoms with E-state index in [4.69, 9.17) is 0 Å². The normalized spacial score (nSPS) is 22.0. The zero-order valence-electron chi connectivity index (χ0n) is 10.5. The number of rotatable bonds is 3. The predicted octanol–water partition coefficient (Wildman–Crippen LogP) is 1.53. The molecule has 0 radical (unpaired) electrons. The van der Waals surface area contributed by atoms with Gasteiger partial charge in [0.15, 0.2) is 0 Å². The van der Waals surface area contributed by atoms with E-state index in [2.05, 4.69) is 0 Å². The summed E-state index contributed by atoms with van der Waals surface area (Å²) in [5.41, 5.74) is 1.03. The third kappa shape index (κ3) is 2.58. The van der Waals surface area contributed by atoms with Gasteiger partial charge in [-0.3, -0.25) is 0 Å². The predicted molar refractivity (Wildman–Crippen MR) is 69.8 cm³/mol. The number of sulfonamides is 1. The third-order valence-electron chi connectivity index (χ3n) is 3.41. The summed E-state index contributed by atoms with van der Waals surface area (Å²) in [6.45, 7) is 2.32. The van der Waals surface area contributed by atoms with Crippen LogP contribution < -0.4 is 0 Å². The maximum atomic E-state index is 12.5. The van der Waals surface area contributed by atoms with Crippen LogP contribution in [0, 0.1) is 6.92 Å². The molecular formula is C13H19NO3S. The van der Waals surface area contributed by atoms with Crippen molar-refractivity contribution in [1.29, 1.82) is 0 Å². The largest absolute Gasteiger partial charge is 0.395 e. The van der Waals surface area contributed by atoms with E-state index in [0.29, 0.717) is 11.4 Å². The van der Waals surface area contributed by atoms with Crippen LogP contribution in [-0.2, 0) is 10.0 Å². The zero-order valence-corrected chi connectivity index (χ0v) is 11.4. The molecule has 0 spiro atoms. The first-order valence-corrected chi connectivity index (χ1v) is 7.69. The van der Waals surface area contributed by atoms with Crippen molar-refractivity contribution in [2.45, 2.75) is 37.1 Å². The topological polar surface area (TPSA) is 57.6 Å². The molecule has 1 fully saturated rings. The highest BCUT2D eigenvalue weighted by Gasteiger charge is 2.32. The van der Waals surface area contributed by atoms with Crippen molar-refractivity contribution < 1.29 is 13.5 Å². The summed E-state index contributed by atoms with van der Waals surface area (Å²) < 4.78 is 26.4. The van der Waals surface area contributed by atoms with E-state index in [1.165, 1.54) is 4.31 Å². The highest BCUT2D eigenvalue weighted by atomic mass is 32.2. The molecular weight excluding hydrogens is 250 g/mol. The van der Waals surface area contributed by atoms with Gasteiger partial charge >= 0.3 is 0 Å². The smallest absolute Gasteiger partial charge is 0.243 e. The average Bonchev–Trinajstić information content (AvgIpc) is 2.39. The highest BCUT2D eigenvalue weighted by molar-refractivity contribution is 7.89. The molecule has 0 amide bonds. The molecule has 1 aromatic rings. The van der Waals surface area contributed by atoms with Crippen LogP contribution in [0.15, 0.2) is 29.2 Å². The first kappa shape index (κ1) is 13.5. The summed E-state index contributed by atoms with van der Waals surface area (Å²) in [6.07, 6.45) is 2.58. The summed E-state index contributed by atoms with van der Waals surface area (Å²) in [5, 5.41) is 9.31. The molecule has 1 saturated heterocycles. The van der Waals surface area contributed by atoms with Gasteiger partial charge in [-0.05, 0) is 31.9 Å². The first-order valence-electron chi connectivity index (χ1n) is 6.25. The molecule has 0 bridgehead atoms. The fraction of sp³-hybridized carbons (Fsp3) is 0.538. The second kappa shape index (κ2) is 5.38. The molecule has 0 saturated carbocycles. The lowest BCUT2D eigenvalue weighted by Gasteiger charge is -2.33. The Morgan fingerprint density at radius 1 is 1.28 bits per heavy atom. The van der Waals surface area contributed by atoms with E-state index in [9.17, 15) is 13.5 Å². The number of aryl methyl sites for hydroxylation is 1. The maximum absolute atomic E-state index is 12.5. The molecule has 1 atom stereocenters. The quantitative estimate of drug-likeness (QED) is 0.905. The minimum absolute atomic E-state index is 0.106. The van der Waals surface area contributed by atoms with Crippen molar-refractivity contribution in [3.05, 3.63) is 29.8 Å². The van der Waals surface area contributed by atoms with Crippen molar-refractivity contribution >= 4 is 10.0 Å². The molecule has 100 valence electrons. The minimum Gasteiger partial charge on any atom is -0.395 e. The highest BCUT2D eigenvalue weighted by Crippen LogP contribution is 2.25. The molecule has 18 heavy (non-hydrogen) atoms. The summed E-state index contributed by atoms with van der Waals surface area (Å²) >= 11 is 0. The van der Waals surface area contributed by atoms with Crippen LogP contribution in [-0.4, -0.2) is 37.0 Å². The van der Waals surface area contributed by atoms with Gasteiger partial charge in [0.2, 0.25) is 10.0 Å². The number of nitrogens with zero attached hydrogens (tertiary/aromatic N) is 1. The van der Waals surface area contributed by atoms with E-state index < -0.39 is 10.0 Å². The molecule has 1 aromatic carbocycles. The second-order valence-corrected chi connectivity index (χ2v) is 6.65. The van der Waals surface area contributed by atoms with Gasteiger partial charge in [0, 0.05) is 12.6 Å². The van der Waals surface area contributed by atoms with Crippen LogP contribution in [0.5, 0.6) is 0 Å². The lowest BCUT2D eigenvalue weighted by molar-refractivity contribution is 0.155. The Kier molecular flexibility index (Phi) is 4.04. The van der Waals surface area contributed by atoms with E-state index in [1.54, 1.807) is 24.3 Å². The maximum Gasteiger partial charge on any atom is 0.243 e. The van der Waals surface area contributed by atoms with Crippen molar-refractivity contribution in [2.24, 2.45) is 0 Å². The van der Waals surface area contributed by atoms with E-state index in [0.717, 1.165) is 24.8 Å². The first-order chi connectivity index (χ1) is 8.55. The van der Waals surface area contributed by atoms with E-state index in [1.807, 2.05) is 6.92 Å². The Hall–Kier alpha value is -0.910. The molecule has 1 heterocycles. The van der Waals surface area contributed by atoms with Crippen molar-refractivity contribution in [2.75, 3.05) is 13.2 Å². The standard InChI is InChI=1S/C13H19NO3S/c1-11-5-7-13(8-6-11)18(16,17)14-9-3-2-4-12(14)10-15/h5-8,12,15H,2-4,9-10H2,1H3/t12-/m0/s1. The SMILES string of the molecule is Cc1ccc(S(=O)(=O)N2CCCC[C@H]2CO)cc1. The van der Waals surface area contributed by atoms with E-state index >= 15 is 0 Å². The van der Waals surface area contributed by atoms with Gasteiger partial charge < -0.3 is 5.11 Å². The Morgan fingerprint density at radius 3 is 2.56 bits per heavy atom. The fourth-order valence-electron chi connectivity index (χ4n) is 2.32. The minimum atomic E-state index is -3.47. The second-order valence-electron chi connectivity index (χ2n) is 4.76. The fourth-order valence-corrected chi connectivity index (χ4v) is 4.00. The van der Waals surface area contributed by atoms with Crippen LogP contribution in [0.1, 0.15) is 24.8 Å². The van der Waals surface area contributed by atoms with Crippen LogP contribution in [0.4, 0.5) is 0 Å². The molecule has 0 aliphatic carbocycles. The number of piperidine rings is 1. The van der Waals surface area contributed by atoms with Crippen molar-refractivity contribution in [3.63, 3.8) is 0 Å². The van der Waals surface area contributed by atoms with Crippen LogP contribution in [0.2, 0.25) is 0 Å². The zero-order chi connectivity index (χ0) is 13.2. The van der Waals surface area contributed by atoms with Crippen LogP contribution >= 0.6 is 0 Å². The summed E-state index contributed by atoms with van der Waals surface area (Å²) in [6, 6.07) is 6.59. The molecule has 0 aromatic heterocycles. The number of aliphatic hydroxyl groups excluding tert-OH is 1. The molecule has 5 heteroatoms. The van der Waals surface area contributed by atoms with Crippen LogP contribution in [0.3, 0.4) is 0 Å². The molecule has 4 nitrogen and oxygen atoms in total. The molecule has 1 aliphatic rings. The van der Waals surface area contributed by atoms with Gasteiger partial charge in [-0.1, -0.05) is 24.1 Å². The summed E-state index contributed by atoms with van der Waals surface area (Å²) in [7, 11) is -3.47. The van der Waals surface area contributed by atoms with Gasteiger partial charge in [-0.25, -0.2) is 8.42 Å². The van der Waals surface area contributed by atoms with Gasteiger partial charge in [-0.2, -0.15) is 4.31 Å². The Bertz CT molecular complexity index is 495. The van der Waals surface area contributed by atoms with Crippen molar-refractivity contribution in [3.8, 4) is 0 Å². The molecule has 1 aliphatic heterocycles. The van der Waals surface area contributed by atoms with Gasteiger partial charge in [-0.15, -0.1) is 0 Å². The summed E-state index contributed by atoms with van der Waals surface area (Å²) in [4.78, 5) is 0.313. The number of hydrogen-bond donors (Lipinski definition) is 1. The number of benzene rings is 1. The molecule has 0 unspecified atom stereocenters. The molecule has 1 N–H and O–H groups in total. The third-order valence-corrected chi connectivity index (χ3v) is 5.38.